The molecule has 5 aromatic rings. The van der Waals surface area contributed by atoms with E-state index >= 15 is 0 Å². The zero-order chi connectivity index (χ0) is 21.2. The third kappa shape index (κ3) is 3.79. The minimum absolute atomic E-state index is 0.307. The summed E-state index contributed by atoms with van der Waals surface area (Å²) < 4.78 is 0. The molecule has 0 unspecified atom stereocenters. The molecule has 0 atom stereocenters. The van der Waals surface area contributed by atoms with Crippen molar-refractivity contribution in [2.24, 2.45) is 5.10 Å². The predicted octanol–water partition coefficient (Wildman–Crippen LogP) is 5.80. The van der Waals surface area contributed by atoms with Gasteiger partial charge in [0, 0.05) is 38.6 Å². The summed E-state index contributed by atoms with van der Waals surface area (Å²) >= 11 is 6.15. The van der Waals surface area contributed by atoms with Crippen LogP contribution in [0.15, 0.2) is 90.2 Å². The molecule has 1 amide bonds. The van der Waals surface area contributed by atoms with Crippen molar-refractivity contribution in [2.45, 2.75) is 0 Å². The Hall–Kier alpha value is -3.96. The van der Waals surface area contributed by atoms with E-state index in [-0.39, 0.29) is 5.91 Å². The molecule has 2 N–H and O–H groups in total. The third-order valence-electron chi connectivity index (χ3n) is 5.07. The maximum absolute atomic E-state index is 13.0. The molecule has 3 aromatic carbocycles. The van der Waals surface area contributed by atoms with Gasteiger partial charge in [-0.3, -0.25) is 4.79 Å². The second kappa shape index (κ2) is 8.05. The highest BCUT2D eigenvalue weighted by atomic mass is 35.5. The van der Waals surface area contributed by atoms with Crippen LogP contribution < -0.4 is 5.43 Å². The van der Waals surface area contributed by atoms with Gasteiger partial charge in [-0.1, -0.05) is 60.1 Å². The van der Waals surface area contributed by atoms with E-state index < -0.39 is 0 Å². The number of nitrogens with zero attached hydrogens (tertiary/aromatic N) is 2. The second-order valence-electron chi connectivity index (χ2n) is 7.07. The Kier molecular flexibility index (Phi) is 4.94. The maximum atomic E-state index is 13.0. The summed E-state index contributed by atoms with van der Waals surface area (Å²) in [4.78, 5) is 20.9. The Morgan fingerprint density at radius 3 is 2.65 bits per heavy atom. The molecule has 150 valence electrons. The topological polar surface area (TPSA) is 70.1 Å². The van der Waals surface area contributed by atoms with Gasteiger partial charge in [0.2, 0.25) is 0 Å². The number of aromatic amines is 1. The largest absolute Gasteiger partial charge is 0.361 e. The van der Waals surface area contributed by atoms with Crippen molar-refractivity contribution in [1.29, 1.82) is 0 Å². The molecule has 0 aliphatic carbocycles. The van der Waals surface area contributed by atoms with E-state index in [9.17, 15) is 4.79 Å². The average molecular weight is 425 g/mol. The van der Waals surface area contributed by atoms with Gasteiger partial charge in [0.05, 0.1) is 23.0 Å². The number of rotatable bonds is 4. The van der Waals surface area contributed by atoms with Crippen LogP contribution in [0.2, 0.25) is 5.02 Å². The van der Waals surface area contributed by atoms with Crippen LogP contribution >= 0.6 is 11.6 Å². The van der Waals surface area contributed by atoms with Gasteiger partial charge in [-0.25, -0.2) is 10.4 Å². The quantitative estimate of drug-likeness (QED) is 0.282. The SMILES string of the molecule is O=C(N/N=C\c1c[nH]c2ccccc12)c1cc(-c2cccc(Cl)c2)nc2ccccc12. The lowest BCUT2D eigenvalue weighted by Crippen LogP contribution is -2.18. The monoisotopic (exact) mass is 424 g/mol. The first kappa shape index (κ1) is 19.0. The summed E-state index contributed by atoms with van der Waals surface area (Å²) in [6.45, 7) is 0. The molecule has 5 rings (SSSR count). The fraction of sp³-hybridized carbons (Fsp3) is 0. The smallest absolute Gasteiger partial charge is 0.272 e. The highest BCUT2D eigenvalue weighted by Crippen LogP contribution is 2.26. The van der Waals surface area contributed by atoms with Crippen LogP contribution in [-0.2, 0) is 0 Å². The number of hydrogen-bond donors (Lipinski definition) is 2. The zero-order valence-corrected chi connectivity index (χ0v) is 17.1. The summed E-state index contributed by atoms with van der Waals surface area (Å²) in [5.41, 5.74) is 7.30. The van der Waals surface area contributed by atoms with Crippen molar-refractivity contribution in [3.63, 3.8) is 0 Å². The molecule has 0 bridgehead atoms. The van der Waals surface area contributed by atoms with Gasteiger partial charge in [0.1, 0.15) is 0 Å². The number of para-hydroxylation sites is 2. The first-order chi connectivity index (χ1) is 15.2. The van der Waals surface area contributed by atoms with E-state index in [2.05, 4.69) is 15.5 Å². The Morgan fingerprint density at radius 1 is 0.968 bits per heavy atom. The normalized spacial score (nSPS) is 11.4. The van der Waals surface area contributed by atoms with E-state index in [0.717, 1.165) is 32.9 Å². The van der Waals surface area contributed by atoms with Gasteiger partial charge in [0.15, 0.2) is 0 Å². The molecule has 0 saturated heterocycles. The number of carbonyl (C=O) groups excluding carboxylic acids is 1. The lowest BCUT2D eigenvalue weighted by molar-refractivity contribution is 0.0956. The molecule has 0 aliphatic rings. The van der Waals surface area contributed by atoms with Gasteiger partial charge in [-0.2, -0.15) is 5.10 Å². The minimum atomic E-state index is -0.307. The Bertz CT molecular complexity index is 1450. The number of hydrogen-bond acceptors (Lipinski definition) is 3. The standard InChI is InChI=1S/C25H17ClN4O/c26-18-7-5-6-16(12-18)24-13-21(20-9-2-4-11-23(20)29-24)25(31)30-28-15-17-14-27-22-10-3-1-8-19(17)22/h1-15,27H,(H,30,31)/b28-15-. The van der Waals surface area contributed by atoms with Crippen molar-refractivity contribution in [2.75, 3.05) is 0 Å². The van der Waals surface area contributed by atoms with Gasteiger partial charge >= 0.3 is 0 Å². The number of amides is 1. The fourth-order valence-corrected chi connectivity index (χ4v) is 3.77. The van der Waals surface area contributed by atoms with E-state index in [4.69, 9.17) is 16.6 Å². The van der Waals surface area contributed by atoms with Crippen molar-refractivity contribution in [1.82, 2.24) is 15.4 Å². The fourth-order valence-electron chi connectivity index (χ4n) is 3.58. The number of benzene rings is 3. The molecular weight excluding hydrogens is 408 g/mol. The van der Waals surface area contributed by atoms with Crippen LogP contribution in [0.5, 0.6) is 0 Å². The molecule has 0 spiro atoms. The number of H-pyrrole nitrogens is 1. The zero-order valence-electron chi connectivity index (χ0n) is 16.3. The molecule has 31 heavy (non-hydrogen) atoms. The molecule has 0 radical (unpaired) electrons. The number of nitrogens with one attached hydrogen (secondary N) is 2. The van der Waals surface area contributed by atoms with Crippen molar-refractivity contribution in [3.05, 3.63) is 101 Å². The first-order valence-electron chi connectivity index (χ1n) is 9.74. The molecular formula is C25H17ClN4O. The van der Waals surface area contributed by atoms with E-state index in [1.54, 1.807) is 18.3 Å². The van der Waals surface area contributed by atoms with Crippen LogP contribution in [0.1, 0.15) is 15.9 Å². The number of fused-ring (bicyclic) bond motifs is 2. The van der Waals surface area contributed by atoms with Crippen LogP contribution in [0.3, 0.4) is 0 Å². The average Bonchev–Trinajstić information content (AvgIpc) is 3.21. The number of halogens is 1. The summed E-state index contributed by atoms with van der Waals surface area (Å²) in [5.74, 6) is -0.307. The number of hydrazone groups is 1. The highest BCUT2D eigenvalue weighted by Gasteiger charge is 2.14. The van der Waals surface area contributed by atoms with Crippen molar-refractivity contribution < 1.29 is 4.79 Å². The lowest BCUT2D eigenvalue weighted by atomic mass is 10.0. The third-order valence-corrected chi connectivity index (χ3v) is 5.31. The Labute approximate surface area is 183 Å². The second-order valence-corrected chi connectivity index (χ2v) is 7.51. The summed E-state index contributed by atoms with van der Waals surface area (Å²) in [7, 11) is 0. The molecule has 0 fully saturated rings. The number of carbonyl (C=O) groups is 1. The molecule has 6 heteroatoms. The molecule has 0 saturated carbocycles. The van der Waals surface area contributed by atoms with Crippen LogP contribution in [0.25, 0.3) is 33.1 Å². The van der Waals surface area contributed by atoms with Crippen LogP contribution in [0, 0.1) is 0 Å². The van der Waals surface area contributed by atoms with Gasteiger partial charge in [-0.05, 0) is 30.3 Å². The highest BCUT2D eigenvalue weighted by molar-refractivity contribution is 6.30. The molecule has 0 aliphatic heterocycles. The van der Waals surface area contributed by atoms with E-state index in [1.807, 2.05) is 72.9 Å². The van der Waals surface area contributed by atoms with E-state index in [0.29, 0.717) is 16.3 Å². The predicted molar refractivity (Wildman–Crippen MR) is 126 cm³/mol. The van der Waals surface area contributed by atoms with Crippen molar-refractivity contribution in [3.8, 4) is 11.3 Å². The van der Waals surface area contributed by atoms with Crippen LogP contribution in [-0.4, -0.2) is 22.1 Å². The van der Waals surface area contributed by atoms with Gasteiger partial charge < -0.3 is 4.98 Å². The first-order valence-corrected chi connectivity index (χ1v) is 10.1. The maximum Gasteiger partial charge on any atom is 0.272 e. The number of pyridine rings is 1. The van der Waals surface area contributed by atoms with E-state index in [1.165, 1.54) is 0 Å². The number of aromatic nitrogens is 2. The molecule has 5 nitrogen and oxygen atoms in total. The van der Waals surface area contributed by atoms with Crippen LogP contribution in [0.4, 0.5) is 0 Å². The minimum Gasteiger partial charge on any atom is -0.361 e. The molecule has 2 heterocycles. The summed E-state index contributed by atoms with van der Waals surface area (Å²) in [5, 5.41) is 6.59. The summed E-state index contributed by atoms with van der Waals surface area (Å²) in [6.07, 6.45) is 3.50. The lowest BCUT2D eigenvalue weighted by Gasteiger charge is -2.09. The summed E-state index contributed by atoms with van der Waals surface area (Å²) in [6, 6.07) is 24.6. The van der Waals surface area contributed by atoms with Gasteiger partial charge in [-0.15, -0.1) is 0 Å². The van der Waals surface area contributed by atoms with Crippen molar-refractivity contribution >= 4 is 45.5 Å². The Morgan fingerprint density at radius 2 is 1.77 bits per heavy atom. The molecule has 2 aromatic heterocycles. The Balaban J connectivity index is 1.49. The van der Waals surface area contributed by atoms with Gasteiger partial charge in [0.25, 0.3) is 5.91 Å².